The molecular weight excluding hydrogens is 369 g/mol. The van der Waals surface area contributed by atoms with Crippen LogP contribution in [0, 0.1) is 5.82 Å². The molecule has 5 nitrogen and oxygen atoms in total. The second-order valence-electron chi connectivity index (χ2n) is 7.94. The van der Waals surface area contributed by atoms with Crippen molar-refractivity contribution in [3.05, 3.63) is 65.5 Å². The molecule has 1 atom stereocenters. The molecule has 0 aromatic heterocycles. The monoisotopic (exact) mass is 395 g/mol. The van der Waals surface area contributed by atoms with E-state index in [1.807, 2.05) is 34.1 Å². The average Bonchev–Trinajstić information content (AvgIpc) is 3.05. The maximum absolute atomic E-state index is 13.8. The molecule has 0 spiro atoms. The second kappa shape index (κ2) is 8.33. The van der Waals surface area contributed by atoms with Crippen molar-refractivity contribution >= 4 is 17.5 Å². The van der Waals surface area contributed by atoms with Gasteiger partial charge in [0.05, 0.1) is 6.42 Å². The number of anilines is 1. The number of likely N-dealkylation sites (tertiary alicyclic amines) is 1. The molecule has 6 heteroatoms. The van der Waals surface area contributed by atoms with E-state index >= 15 is 0 Å². The first-order chi connectivity index (χ1) is 14.0. The lowest BCUT2D eigenvalue weighted by molar-refractivity contribution is -0.132. The molecule has 2 aliphatic rings. The van der Waals surface area contributed by atoms with Crippen LogP contribution in [0.2, 0.25) is 0 Å². The van der Waals surface area contributed by atoms with Gasteiger partial charge in [-0.15, -0.1) is 0 Å². The Morgan fingerprint density at radius 3 is 2.55 bits per heavy atom. The summed E-state index contributed by atoms with van der Waals surface area (Å²) in [4.78, 5) is 28.9. The molecule has 2 aromatic rings. The summed E-state index contributed by atoms with van der Waals surface area (Å²) < 4.78 is 13.8. The molecule has 2 amide bonds. The van der Waals surface area contributed by atoms with Gasteiger partial charge in [0.1, 0.15) is 5.82 Å². The van der Waals surface area contributed by atoms with Crippen LogP contribution in [0.25, 0.3) is 0 Å². The standard InChI is InChI=1S/C23H26FN3O2/c24-20-7-3-1-5-16(20)13-18(25)15-22(28)26-11-9-19(10-12-26)27-21-8-4-2-6-17(21)14-23(27)29/h1-8,18-19H,9-15,25H2/t18-/m1/s1. The number of rotatable bonds is 5. The van der Waals surface area contributed by atoms with Gasteiger partial charge in [-0.2, -0.15) is 0 Å². The van der Waals surface area contributed by atoms with Crippen molar-refractivity contribution in [3.63, 3.8) is 0 Å². The largest absolute Gasteiger partial charge is 0.342 e. The number of benzene rings is 2. The van der Waals surface area contributed by atoms with Crippen LogP contribution < -0.4 is 10.6 Å². The molecule has 2 aromatic carbocycles. The van der Waals surface area contributed by atoms with Gasteiger partial charge < -0.3 is 15.5 Å². The summed E-state index contributed by atoms with van der Waals surface area (Å²) in [6.45, 7) is 1.23. The summed E-state index contributed by atoms with van der Waals surface area (Å²) >= 11 is 0. The van der Waals surface area contributed by atoms with Gasteiger partial charge >= 0.3 is 0 Å². The highest BCUT2D eigenvalue weighted by molar-refractivity contribution is 6.01. The summed E-state index contributed by atoms with van der Waals surface area (Å²) in [5.41, 5.74) is 8.74. The van der Waals surface area contributed by atoms with Gasteiger partial charge in [-0.3, -0.25) is 9.59 Å². The van der Waals surface area contributed by atoms with Gasteiger partial charge in [-0.05, 0) is 42.5 Å². The fourth-order valence-corrected chi connectivity index (χ4v) is 4.42. The zero-order valence-electron chi connectivity index (χ0n) is 16.4. The summed E-state index contributed by atoms with van der Waals surface area (Å²) in [5, 5.41) is 0. The van der Waals surface area contributed by atoms with Crippen molar-refractivity contribution in [2.75, 3.05) is 18.0 Å². The maximum Gasteiger partial charge on any atom is 0.231 e. The Bertz CT molecular complexity index is 909. The number of hydrogen-bond acceptors (Lipinski definition) is 3. The van der Waals surface area contributed by atoms with Gasteiger partial charge in [0.25, 0.3) is 0 Å². The van der Waals surface area contributed by atoms with Crippen LogP contribution in [-0.4, -0.2) is 41.9 Å². The number of para-hydroxylation sites is 1. The molecule has 152 valence electrons. The van der Waals surface area contributed by atoms with E-state index in [0.29, 0.717) is 31.5 Å². The summed E-state index contributed by atoms with van der Waals surface area (Å²) in [6.07, 6.45) is 2.52. The second-order valence-corrected chi connectivity index (χ2v) is 7.94. The molecule has 0 radical (unpaired) electrons. The minimum Gasteiger partial charge on any atom is -0.342 e. The third kappa shape index (κ3) is 4.17. The zero-order chi connectivity index (χ0) is 20.4. The highest BCUT2D eigenvalue weighted by Gasteiger charge is 2.35. The van der Waals surface area contributed by atoms with Crippen molar-refractivity contribution in [1.82, 2.24) is 4.90 Å². The Morgan fingerprint density at radius 1 is 1.10 bits per heavy atom. The zero-order valence-corrected chi connectivity index (χ0v) is 16.4. The fourth-order valence-electron chi connectivity index (χ4n) is 4.42. The van der Waals surface area contributed by atoms with Crippen LogP contribution in [0.4, 0.5) is 10.1 Å². The van der Waals surface area contributed by atoms with E-state index in [4.69, 9.17) is 5.73 Å². The van der Waals surface area contributed by atoms with Crippen molar-refractivity contribution in [1.29, 1.82) is 0 Å². The molecular formula is C23H26FN3O2. The maximum atomic E-state index is 13.8. The van der Waals surface area contributed by atoms with Gasteiger partial charge in [0.15, 0.2) is 0 Å². The number of piperidine rings is 1. The summed E-state index contributed by atoms with van der Waals surface area (Å²) in [6, 6.07) is 14.2. The normalized spacial score (nSPS) is 18.1. The minimum absolute atomic E-state index is 0.000405. The van der Waals surface area contributed by atoms with E-state index in [9.17, 15) is 14.0 Å². The van der Waals surface area contributed by atoms with E-state index < -0.39 is 6.04 Å². The van der Waals surface area contributed by atoms with E-state index in [0.717, 1.165) is 24.1 Å². The first-order valence-electron chi connectivity index (χ1n) is 10.2. The predicted octanol–water partition coefficient (Wildman–Crippen LogP) is 2.67. The van der Waals surface area contributed by atoms with Gasteiger partial charge in [0.2, 0.25) is 11.8 Å². The lowest BCUT2D eigenvalue weighted by atomic mass is 10.00. The Balaban J connectivity index is 1.31. The Labute approximate surface area is 170 Å². The molecule has 1 fully saturated rings. The number of amides is 2. The molecule has 2 aliphatic heterocycles. The molecule has 0 unspecified atom stereocenters. The number of nitrogens with zero attached hydrogens (tertiary/aromatic N) is 2. The van der Waals surface area contributed by atoms with Crippen LogP contribution in [0.5, 0.6) is 0 Å². The van der Waals surface area contributed by atoms with Crippen molar-refractivity contribution in [2.45, 2.75) is 44.2 Å². The Kier molecular flexibility index (Phi) is 5.62. The minimum atomic E-state index is -0.413. The Morgan fingerprint density at radius 2 is 1.79 bits per heavy atom. The van der Waals surface area contributed by atoms with Gasteiger partial charge in [-0.25, -0.2) is 4.39 Å². The predicted molar refractivity (Wildman–Crippen MR) is 110 cm³/mol. The third-order valence-corrected chi connectivity index (χ3v) is 5.92. The molecule has 0 aliphatic carbocycles. The molecule has 2 heterocycles. The quantitative estimate of drug-likeness (QED) is 0.846. The lowest BCUT2D eigenvalue weighted by Gasteiger charge is -2.37. The van der Waals surface area contributed by atoms with Crippen molar-refractivity contribution in [3.8, 4) is 0 Å². The number of halogens is 1. The molecule has 2 N–H and O–H groups in total. The van der Waals surface area contributed by atoms with E-state index in [-0.39, 0.29) is 30.1 Å². The van der Waals surface area contributed by atoms with E-state index in [1.54, 1.807) is 18.2 Å². The van der Waals surface area contributed by atoms with Crippen molar-refractivity contribution < 1.29 is 14.0 Å². The highest BCUT2D eigenvalue weighted by atomic mass is 19.1. The SMILES string of the molecule is N[C@@H](CC(=O)N1CCC(N2C(=O)Cc3ccccc32)CC1)Cc1ccccc1F. The van der Waals surface area contributed by atoms with E-state index in [2.05, 4.69) is 0 Å². The van der Waals surface area contributed by atoms with Crippen LogP contribution in [0.3, 0.4) is 0 Å². The van der Waals surface area contributed by atoms with Crippen molar-refractivity contribution in [2.24, 2.45) is 5.73 Å². The number of carbonyl (C=O) groups is 2. The lowest BCUT2D eigenvalue weighted by Crippen LogP contribution is -2.48. The van der Waals surface area contributed by atoms with Crippen LogP contribution in [-0.2, 0) is 22.4 Å². The molecule has 0 saturated carbocycles. The number of carbonyl (C=O) groups excluding carboxylic acids is 2. The first kappa shape index (κ1) is 19.6. The third-order valence-electron chi connectivity index (χ3n) is 5.92. The molecule has 29 heavy (non-hydrogen) atoms. The molecule has 1 saturated heterocycles. The average molecular weight is 395 g/mol. The van der Waals surface area contributed by atoms with Crippen LogP contribution in [0.15, 0.2) is 48.5 Å². The van der Waals surface area contributed by atoms with E-state index in [1.165, 1.54) is 6.07 Å². The Hall–Kier alpha value is -2.73. The van der Waals surface area contributed by atoms with Gasteiger partial charge in [0, 0.05) is 37.3 Å². The summed E-state index contributed by atoms with van der Waals surface area (Å²) in [7, 11) is 0. The summed E-state index contributed by atoms with van der Waals surface area (Å²) in [5.74, 6) is -0.143. The topological polar surface area (TPSA) is 66.6 Å². The fraction of sp³-hybridized carbons (Fsp3) is 0.391. The smallest absolute Gasteiger partial charge is 0.231 e. The number of hydrogen-bond donors (Lipinski definition) is 1. The van der Waals surface area contributed by atoms with Gasteiger partial charge in [-0.1, -0.05) is 36.4 Å². The van der Waals surface area contributed by atoms with Crippen LogP contribution >= 0.6 is 0 Å². The number of fused-ring (bicyclic) bond motifs is 1. The first-order valence-corrected chi connectivity index (χ1v) is 10.2. The molecule has 4 rings (SSSR count). The van der Waals surface area contributed by atoms with Crippen LogP contribution in [0.1, 0.15) is 30.4 Å². The highest BCUT2D eigenvalue weighted by Crippen LogP contribution is 2.33. The number of nitrogens with two attached hydrogens (primary N) is 1. The molecule has 0 bridgehead atoms.